The van der Waals surface area contributed by atoms with Gasteiger partial charge in [-0.1, -0.05) is 12.1 Å². The van der Waals surface area contributed by atoms with Crippen molar-refractivity contribution in [1.29, 1.82) is 0 Å². The summed E-state index contributed by atoms with van der Waals surface area (Å²) < 4.78 is 36.9. The van der Waals surface area contributed by atoms with Crippen LogP contribution in [-0.2, 0) is 16.8 Å². The number of nitrogens with zero attached hydrogens (tertiary/aromatic N) is 1. The van der Waals surface area contributed by atoms with E-state index in [9.17, 15) is 17.1 Å². The lowest BCUT2D eigenvalue weighted by molar-refractivity contribution is 0.101. The molecule has 1 N–H and O–H groups in total. The molecule has 0 bridgehead atoms. The van der Waals surface area contributed by atoms with Gasteiger partial charge in [0.05, 0.1) is 5.69 Å². The Kier molecular flexibility index (Phi) is 3.89. The van der Waals surface area contributed by atoms with Crippen LogP contribution in [0.3, 0.4) is 0 Å². The molecule has 0 aliphatic carbocycles. The van der Waals surface area contributed by atoms with Gasteiger partial charge in [-0.25, -0.2) is 0 Å². The molecule has 1 aromatic carbocycles. The van der Waals surface area contributed by atoms with Gasteiger partial charge in [-0.05, 0) is 31.2 Å². The van der Waals surface area contributed by atoms with Crippen molar-refractivity contribution in [2.24, 2.45) is 0 Å². The summed E-state index contributed by atoms with van der Waals surface area (Å²) in [4.78, 5) is 11.5. The number of benzene rings is 1. The number of hydrogen-bond donors (Lipinski definition) is 1. The van der Waals surface area contributed by atoms with Gasteiger partial charge in [-0.3, -0.25) is 4.79 Å². The fourth-order valence-corrected chi connectivity index (χ4v) is 2.49. The molecule has 0 unspecified atom stereocenters. The summed E-state index contributed by atoms with van der Waals surface area (Å²) in [7, 11) is -4.89. The molecule has 106 valence electrons. The van der Waals surface area contributed by atoms with Gasteiger partial charge < -0.3 is 9.88 Å². The van der Waals surface area contributed by atoms with Crippen LogP contribution in [0.1, 0.15) is 17.4 Å². The van der Waals surface area contributed by atoms with Crippen molar-refractivity contribution >= 4 is 21.8 Å². The predicted molar refractivity (Wildman–Crippen MR) is 72.8 cm³/mol. The van der Waals surface area contributed by atoms with E-state index in [-0.39, 0.29) is 5.69 Å². The number of carbonyl (C=O) groups is 1. The molecule has 0 fully saturated rings. The molecular weight excluding hydrogens is 283 g/mol. The highest BCUT2D eigenvalue weighted by molar-refractivity contribution is 7.86. The summed E-state index contributed by atoms with van der Waals surface area (Å²) in [5, 5.41) is 2.42. The molecule has 0 saturated heterocycles. The Balaban J connectivity index is 2.34. The van der Waals surface area contributed by atoms with Gasteiger partial charge in [0.1, 0.15) is 10.6 Å². The Morgan fingerprint density at radius 2 is 1.95 bits per heavy atom. The molecule has 0 radical (unpaired) electrons. The third-order valence-electron chi connectivity index (χ3n) is 2.80. The van der Waals surface area contributed by atoms with Gasteiger partial charge >= 0.3 is 10.2 Å². The van der Waals surface area contributed by atoms with Crippen molar-refractivity contribution in [3.63, 3.8) is 0 Å². The number of para-hydroxylation sites is 1. The summed E-state index contributed by atoms with van der Waals surface area (Å²) in [5.74, 6) is -0.493. The van der Waals surface area contributed by atoms with Gasteiger partial charge in [0.15, 0.2) is 0 Å². The Morgan fingerprint density at radius 1 is 1.25 bits per heavy atom. The maximum atomic E-state index is 13.1. The first-order valence-corrected chi connectivity index (χ1v) is 7.32. The zero-order valence-corrected chi connectivity index (χ0v) is 11.5. The minimum atomic E-state index is -4.89. The van der Waals surface area contributed by atoms with E-state index >= 15 is 0 Å². The summed E-state index contributed by atoms with van der Waals surface area (Å²) >= 11 is 0. The Labute approximate surface area is 116 Å². The third-order valence-corrected chi connectivity index (χ3v) is 3.68. The first-order valence-electron chi connectivity index (χ1n) is 5.93. The smallest absolute Gasteiger partial charge is 0.334 e. The fourth-order valence-electron chi connectivity index (χ4n) is 1.86. The van der Waals surface area contributed by atoms with Gasteiger partial charge in [0.2, 0.25) is 0 Å². The molecule has 1 amide bonds. The molecular formula is C13H13FN2O3S. The molecule has 0 aliphatic rings. The van der Waals surface area contributed by atoms with Crippen LogP contribution in [0.4, 0.5) is 9.57 Å². The van der Waals surface area contributed by atoms with Crippen molar-refractivity contribution in [1.82, 2.24) is 4.57 Å². The van der Waals surface area contributed by atoms with E-state index in [0.717, 1.165) is 6.07 Å². The van der Waals surface area contributed by atoms with E-state index in [2.05, 4.69) is 5.32 Å². The molecule has 2 aromatic rings. The van der Waals surface area contributed by atoms with E-state index in [0.29, 0.717) is 12.2 Å². The maximum Gasteiger partial charge on any atom is 0.334 e. The minimum absolute atomic E-state index is 0.0798. The summed E-state index contributed by atoms with van der Waals surface area (Å²) in [6.07, 6.45) is 1.73. The second-order valence-corrected chi connectivity index (χ2v) is 5.38. The highest BCUT2D eigenvalue weighted by Gasteiger charge is 2.19. The number of carbonyl (C=O) groups excluding carboxylic acids is 1. The molecule has 1 heterocycles. The monoisotopic (exact) mass is 296 g/mol. The molecule has 7 heteroatoms. The number of rotatable bonds is 4. The number of hydrogen-bond acceptors (Lipinski definition) is 3. The van der Waals surface area contributed by atoms with Crippen LogP contribution in [-0.4, -0.2) is 18.9 Å². The van der Waals surface area contributed by atoms with Crippen molar-refractivity contribution in [2.75, 3.05) is 5.32 Å². The number of halogens is 1. The van der Waals surface area contributed by atoms with Crippen molar-refractivity contribution in [3.8, 4) is 0 Å². The average molecular weight is 296 g/mol. The molecule has 0 saturated carbocycles. The highest BCUT2D eigenvalue weighted by atomic mass is 32.3. The number of amides is 1. The lowest BCUT2D eigenvalue weighted by Gasteiger charge is -2.09. The number of aryl methyl sites for hydroxylation is 1. The van der Waals surface area contributed by atoms with E-state index in [1.54, 1.807) is 22.9 Å². The van der Waals surface area contributed by atoms with Gasteiger partial charge in [-0.15, -0.1) is 3.89 Å². The van der Waals surface area contributed by atoms with Gasteiger partial charge in [0.25, 0.3) is 5.91 Å². The summed E-state index contributed by atoms with van der Waals surface area (Å²) in [6, 6.07) is 8.65. The standard InChI is InChI=1S/C13H13FN2O3S/c1-2-16-9-5-7-11(16)13(17)15-10-6-3-4-8-12(10)20(14,18)19/h3-9H,2H2,1H3,(H,15,17). The molecule has 2 rings (SSSR count). The second kappa shape index (κ2) is 5.46. The Bertz CT molecular complexity index is 738. The van der Waals surface area contributed by atoms with E-state index in [1.807, 2.05) is 6.92 Å². The quantitative estimate of drug-likeness (QED) is 0.881. The van der Waals surface area contributed by atoms with Gasteiger partial charge in [0, 0.05) is 12.7 Å². The molecule has 1 aromatic heterocycles. The third kappa shape index (κ3) is 2.88. The zero-order chi connectivity index (χ0) is 14.8. The first-order chi connectivity index (χ1) is 9.43. The first kappa shape index (κ1) is 14.3. The Hall–Kier alpha value is -2.15. The number of aromatic nitrogens is 1. The normalized spacial score (nSPS) is 11.3. The average Bonchev–Trinajstić information content (AvgIpc) is 2.86. The molecule has 0 spiro atoms. The van der Waals surface area contributed by atoms with Crippen LogP contribution < -0.4 is 5.32 Å². The highest BCUT2D eigenvalue weighted by Crippen LogP contribution is 2.23. The van der Waals surface area contributed by atoms with Crippen molar-refractivity contribution in [3.05, 3.63) is 48.3 Å². The van der Waals surface area contributed by atoms with E-state index < -0.39 is 21.0 Å². The lowest BCUT2D eigenvalue weighted by Crippen LogP contribution is -2.17. The predicted octanol–water partition coefficient (Wildman–Crippen LogP) is 2.42. The minimum Gasteiger partial charge on any atom is -0.344 e. The lowest BCUT2D eigenvalue weighted by atomic mass is 10.3. The van der Waals surface area contributed by atoms with Crippen LogP contribution in [0.2, 0.25) is 0 Å². The fraction of sp³-hybridized carbons (Fsp3) is 0.154. The largest absolute Gasteiger partial charge is 0.344 e. The van der Waals surface area contributed by atoms with Gasteiger partial charge in [-0.2, -0.15) is 8.42 Å². The maximum absolute atomic E-state index is 13.1. The van der Waals surface area contributed by atoms with E-state index in [4.69, 9.17) is 0 Å². The topological polar surface area (TPSA) is 68.2 Å². The Morgan fingerprint density at radius 3 is 2.60 bits per heavy atom. The zero-order valence-electron chi connectivity index (χ0n) is 10.7. The van der Waals surface area contributed by atoms with Crippen LogP contribution in [0.15, 0.2) is 47.5 Å². The van der Waals surface area contributed by atoms with Crippen LogP contribution >= 0.6 is 0 Å². The molecule has 5 nitrogen and oxygen atoms in total. The van der Waals surface area contributed by atoms with Crippen molar-refractivity contribution < 1.29 is 17.1 Å². The summed E-state index contributed by atoms with van der Waals surface area (Å²) in [5.41, 5.74) is 0.294. The van der Waals surface area contributed by atoms with E-state index in [1.165, 1.54) is 18.2 Å². The molecule has 0 atom stereocenters. The number of nitrogens with one attached hydrogen (secondary N) is 1. The van der Waals surface area contributed by atoms with Crippen LogP contribution in [0.5, 0.6) is 0 Å². The van der Waals surface area contributed by atoms with Crippen LogP contribution in [0, 0.1) is 0 Å². The summed E-state index contributed by atoms with van der Waals surface area (Å²) in [6.45, 7) is 2.47. The van der Waals surface area contributed by atoms with Crippen LogP contribution in [0.25, 0.3) is 0 Å². The molecule has 20 heavy (non-hydrogen) atoms. The SMILES string of the molecule is CCn1cccc1C(=O)Nc1ccccc1S(=O)(=O)F. The van der Waals surface area contributed by atoms with Crippen molar-refractivity contribution in [2.45, 2.75) is 18.4 Å². The number of anilines is 1. The molecule has 0 aliphatic heterocycles. The second-order valence-electron chi connectivity index (χ2n) is 4.07.